The average molecular weight is 537 g/mol. The van der Waals surface area contributed by atoms with Crippen molar-refractivity contribution in [1.29, 1.82) is 0 Å². The van der Waals surface area contributed by atoms with Crippen molar-refractivity contribution in [3.05, 3.63) is 90.3 Å². The Labute approximate surface area is 235 Å². The Balaban J connectivity index is 1.20. The maximum absolute atomic E-state index is 13.0. The number of rotatable bonds is 9. The van der Waals surface area contributed by atoms with Crippen LogP contribution in [0.1, 0.15) is 25.2 Å². The first-order valence-corrected chi connectivity index (χ1v) is 13.8. The fraction of sp³-hybridized carbons (Fsp3) is 0.312. The monoisotopic (exact) mass is 536 g/mol. The molecular formula is C32H36N6O2. The molecule has 1 fully saturated rings. The number of nitrogens with one attached hydrogen (secondary N) is 1. The van der Waals surface area contributed by atoms with Gasteiger partial charge >= 0.3 is 0 Å². The minimum atomic E-state index is -0.532. The Bertz CT molecular complexity index is 1460. The lowest BCUT2D eigenvalue weighted by atomic mass is 10.0. The van der Waals surface area contributed by atoms with Crippen molar-refractivity contribution in [2.45, 2.75) is 32.9 Å². The average Bonchev–Trinajstić information content (AvgIpc) is 2.96. The Morgan fingerprint density at radius 1 is 0.850 bits per heavy atom. The molecule has 0 spiro atoms. The number of nitrogens with two attached hydrogens (primary N) is 1. The molecule has 8 heteroatoms. The van der Waals surface area contributed by atoms with Crippen LogP contribution in [0.2, 0.25) is 0 Å². The summed E-state index contributed by atoms with van der Waals surface area (Å²) < 4.78 is 0. The predicted molar refractivity (Wildman–Crippen MR) is 158 cm³/mol. The van der Waals surface area contributed by atoms with Crippen LogP contribution >= 0.6 is 0 Å². The topological polar surface area (TPSA) is 104 Å². The van der Waals surface area contributed by atoms with E-state index in [4.69, 9.17) is 15.7 Å². The number of para-hydroxylation sites is 1. The lowest BCUT2D eigenvalue weighted by Crippen LogP contribution is -2.48. The highest BCUT2D eigenvalue weighted by molar-refractivity contribution is 5.92. The Kier molecular flexibility index (Phi) is 8.36. The van der Waals surface area contributed by atoms with E-state index in [1.807, 2.05) is 73.3 Å². The molecule has 5 rings (SSSR count). The zero-order chi connectivity index (χ0) is 28.1. The number of carbonyl (C=O) groups is 2. The van der Waals surface area contributed by atoms with Crippen LogP contribution in [0, 0.1) is 5.92 Å². The van der Waals surface area contributed by atoms with Gasteiger partial charge in [-0.05, 0) is 34.7 Å². The summed E-state index contributed by atoms with van der Waals surface area (Å²) in [7, 11) is 0. The molecule has 3 N–H and O–H groups in total. The van der Waals surface area contributed by atoms with Gasteiger partial charge in [-0.3, -0.25) is 14.5 Å². The number of piperazine rings is 1. The van der Waals surface area contributed by atoms with Crippen LogP contribution < -0.4 is 11.1 Å². The number of hydrogen-bond acceptors (Lipinski definition) is 6. The second-order valence-corrected chi connectivity index (χ2v) is 10.7. The molecule has 1 aliphatic heterocycles. The maximum atomic E-state index is 13.0. The third kappa shape index (κ3) is 6.46. The number of nitrogens with zero attached hydrogens (tertiary/aromatic N) is 4. The molecule has 1 saturated heterocycles. The van der Waals surface area contributed by atoms with Crippen LogP contribution in [0.4, 0.5) is 5.82 Å². The van der Waals surface area contributed by atoms with Gasteiger partial charge in [0.1, 0.15) is 17.7 Å². The number of primary amides is 1. The van der Waals surface area contributed by atoms with E-state index < -0.39 is 11.9 Å². The quantitative estimate of drug-likeness (QED) is 0.334. The summed E-state index contributed by atoms with van der Waals surface area (Å²) in [6.07, 6.45) is 0.398. The van der Waals surface area contributed by atoms with Gasteiger partial charge in [0.05, 0.1) is 18.5 Å². The van der Waals surface area contributed by atoms with Crippen LogP contribution in [-0.4, -0.2) is 63.8 Å². The summed E-state index contributed by atoms with van der Waals surface area (Å²) in [5.41, 5.74) is 9.80. The highest BCUT2D eigenvalue weighted by Crippen LogP contribution is 2.23. The number of hydrogen-bond donors (Lipinski definition) is 2. The summed E-state index contributed by atoms with van der Waals surface area (Å²) in [6, 6.07) is 25.7. The van der Waals surface area contributed by atoms with Crippen molar-refractivity contribution >= 4 is 28.5 Å². The number of anilines is 1. The minimum Gasteiger partial charge on any atom is -0.368 e. The zero-order valence-electron chi connectivity index (χ0n) is 23.1. The van der Waals surface area contributed by atoms with E-state index in [9.17, 15) is 9.59 Å². The highest BCUT2D eigenvalue weighted by Gasteiger charge is 2.24. The number of carbonyl (C=O) groups excluding carboxylic acids is 2. The summed E-state index contributed by atoms with van der Waals surface area (Å²) in [4.78, 5) is 38.8. The molecule has 1 aliphatic rings. The smallest absolute Gasteiger partial charge is 0.240 e. The van der Waals surface area contributed by atoms with Crippen LogP contribution in [0.15, 0.2) is 78.9 Å². The van der Waals surface area contributed by atoms with Gasteiger partial charge < -0.3 is 16.0 Å². The van der Waals surface area contributed by atoms with Crippen LogP contribution in [0.25, 0.3) is 22.0 Å². The molecule has 1 atom stereocenters. The summed E-state index contributed by atoms with van der Waals surface area (Å²) in [5.74, 6) is 1.04. The van der Waals surface area contributed by atoms with E-state index >= 15 is 0 Å². The lowest BCUT2D eigenvalue weighted by molar-refractivity contribution is -0.132. The molecule has 0 unspecified atom stereocenters. The molecule has 2 amide bonds. The number of amides is 2. The second kappa shape index (κ2) is 12.3. The van der Waals surface area contributed by atoms with E-state index in [0.717, 1.165) is 35.1 Å². The van der Waals surface area contributed by atoms with Gasteiger partial charge in [0.15, 0.2) is 0 Å². The van der Waals surface area contributed by atoms with Crippen LogP contribution in [0.3, 0.4) is 0 Å². The molecule has 2 heterocycles. The van der Waals surface area contributed by atoms with Crippen LogP contribution in [0.5, 0.6) is 0 Å². The molecule has 0 radical (unpaired) electrons. The first-order chi connectivity index (χ1) is 19.4. The fourth-order valence-corrected chi connectivity index (χ4v) is 5.11. The van der Waals surface area contributed by atoms with E-state index in [0.29, 0.717) is 37.7 Å². The van der Waals surface area contributed by atoms with Gasteiger partial charge in [0, 0.05) is 31.6 Å². The molecular weight excluding hydrogens is 500 g/mol. The SMILES string of the molecule is CC(C)[C@H](Nc1nc(CN2CCN(C(=O)Cc3ccc(-c4ccccc4)cc3)CC2)nc2ccccc12)C(N)=O. The number of benzene rings is 3. The van der Waals surface area contributed by atoms with E-state index in [1.165, 1.54) is 5.56 Å². The third-order valence-corrected chi connectivity index (χ3v) is 7.42. The van der Waals surface area contributed by atoms with Crippen molar-refractivity contribution in [2.75, 3.05) is 31.5 Å². The summed E-state index contributed by atoms with van der Waals surface area (Å²) in [6.45, 7) is 7.28. The third-order valence-electron chi connectivity index (χ3n) is 7.42. The van der Waals surface area contributed by atoms with Gasteiger partial charge in [0.2, 0.25) is 11.8 Å². The second-order valence-electron chi connectivity index (χ2n) is 10.7. The normalized spacial score (nSPS) is 14.8. The van der Waals surface area contributed by atoms with Gasteiger partial charge in [-0.2, -0.15) is 0 Å². The molecule has 206 valence electrons. The minimum absolute atomic E-state index is 0.0158. The Morgan fingerprint density at radius 2 is 1.50 bits per heavy atom. The van der Waals surface area contributed by atoms with Crippen molar-refractivity contribution < 1.29 is 9.59 Å². The highest BCUT2D eigenvalue weighted by atomic mass is 16.2. The molecule has 1 aromatic heterocycles. The molecule has 0 bridgehead atoms. The van der Waals surface area contributed by atoms with Gasteiger partial charge in [-0.1, -0.05) is 80.6 Å². The van der Waals surface area contributed by atoms with Gasteiger partial charge in [-0.15, -0.1) is 0 Å². The number of fused-ring (bicyclic) bond motifs is 1. The molecule has 0 aliphatic carbocycles. The van der Waals surface area contributed by atoms with Crippen molar-refractivity contribution in [3.8, 4) is 11.1 Å². The molecule has 4 aromatic rings. The maximum Gasteiger partial charge on any atom is 0.240 e. The van der Waals surface area contributed by atoms with Crippen molar-refractivity contribution in [1.82, 2.24) is 19.8 Å². The Morgan fingerprint density at radius 3 is 2.17 bits per heavy atom. The van der Waals surface area contributed by atoms with E-state index in [-0.39, 0.29) is 11.8 Å². The van der Waals surface area contributed by atoms with Crippen molar-refractivity contribution in [2.24, 2.45) is 11.7 Å². The van der Waals surface area contributed by atoms with Gasteiger partial charge in [0.25, 0.3) is 0 Å². The lowest BCUT2D eigenvalue weighted by Gasteiger charge is -2.34. The Hall–Kier alpha value is -4.30. The first-order valence-electron chi connectivity index (χ1n) is 13.8. The molecule has 0 saturated carbocycles. The number of aromatic nitrogens is 2. The summed E-state index contributed by atoms with van der Waals surface area (Å²) >= 11 is 0. The van der Waals surface area contributed by atoms with E-state index in [1.54, 1.807) is 0 Å². The molecule has 3 aromatic carbocycles. The fourth-order valence-electron chi connectivity index (χ4n) is 5.11. The van der Waals surface area contributed by atoms with E-state index in [2.05, 4.69) is 34.5 Å². The van der Waals surface area contributed by atoms with Crippen LogP contribution in [-0.2, 0) is 22.6 Å². The zero-order valence-corrected chi connectivity index (χ0v) is 23.1. The first kappa shape index (κ1) is 27.3. The standard InChI is InChI=1S/C32H36N6O2/c1-22(2)30(31(33)40)36-32-26-10-6-7-11-27(26)34-28(35-32)21-37-16-18-38(19-17-37)29(39)20-23-12-14-25(15-13-23)24-8-4-3-5-9-24/h3-15,22,30H,16-21H2,1-2H3,(H2,33,40)(H,34,35,36)/t30-/m0/s1. The predicted octanol–water partition coefficient (Wildman–Crippen LogP) is 4.11. The molecule has 40 heavy (non-hydrogen) atoms. The largest absolute Gasteiger partial charge is 0.368 e. The summed E-state index contributed by atoms with van der Waals surface area (Å²) in [5, 5.41) is 4.11. The van der Waals surface area contributed by atoms with Crippen molar-refractivity contribution in [3.63, 3.8) is 0 Å². The van der Waals surface area contributed by atoms with Gasteiger partial charge in [-0.25, -0.2) is 9.97 Å². The molecule has 8 nitrogen and oxygen atoms in total.